The number of aryl methyl sites for hydroxylation is 1. The lowest BCUT2D eigenvalue weighted by molar-refractivity contribution is 1.57. The number of thiophene rings is 1. The maximum absolute atomic E-state index is 4.20. The van der Waals surface area contributed by atoms with Crippen molar-refractivity contribution in [3.8, 4) is 0 Å². The molecule has 0 amide bonds. The number of rotatable bonds is 3. The summed E-state index contributed by atoms with van der Waals surface area (Å²) in [5, 5.41) is 0. The highest BCUT2D eigenvalue weighted by atomic mass is 32.1. The van der Waals surface area contributed by atoms with Crippen LogP contribution in [0, 0.1) is 6.92 Å². The molecule has 0 aliphatic carbocycles. The minimum atomic E-state index is 0.982. The summed E-state index contributed by atoms with van der Waals surface area (Å²) in [4.78, 5) is 6.69. The van der Waals surface area contributed by atoms with Crippen LogP contribution in [0.25, 0.3) is 0 Å². The smallest absolute Gasteiger partial charge is 0.0798 e. The van der Waals surface area contributed by atoms with Gasteiger partial charge in [0.2, 0.25) is 0 Å². The van der Waals surface area contributed by atoms with Crippen LogP contribution in [0.2, 0.25) is 0 Å². The minimum absolute atomic E-state index is 0.982. The Bertz CT molecular complexity index is 345. The lowest BCUT2D eigenvalue weighted by atomic mass is 10.3. The van der Waals surface area contributed by atoms with Gasteiger partial charge >= 0.3 is 0 Å². The zero-order chi connectivity index (χ0) is 9.68. The third-order valence-electron chi connectivity index (χ3n) is 1.55. The fourth-order valence-electron chi connectivity index (χ4n) is 1.02. The van der Waals surface area contributed by atoms with Gasteiger partial charge in [-0.1, -0.05) is 12.7 Å². The first-order valence-electron chi connectivity index (χ1n) is 4.16. The van der Waals surface area contributed by atoms with E-state index in [2.05, 4.69) is 30.6 Å². The summed E-state index contributed by atoms with van der Waals surface area (Å²) in [6.07, 6.45) is 5.55. The summed E-state index contributed by atoms with van der Waals surface area (Å²) >= 11 is 1.75. The molecule has 13 heavy (non-hydrogen) atoms. The van der Waals surface area contributed by atoms with Crippen molar-refractivity contribution in [2.75, 3.05) is 0 Å². The van der Waals surface area contributed by atoms with E-state index in [-0.39, 0.29) is 0 Å². The molecule has 0 atom stereocenters. The van der Waals surface area contributed by atoms with Crippen LogP contribution in [-0.4, -0.2) is 5.71 Å². The van der Waals surface area contributed by atoms with Gasteiger partial charge < -0.3 is 0 Å². The Morgan fingerprint density at radius 3 is 2.77 bits per heavy atom. The lowest BCUT2D eigenvalue weighted by Crippen LogP contribution is -1.90. The fourth-order valence-corrected chi connectivity index (χ4v) is 1.86. The molecule has 1 rings (SSSR count). The quantitative estimate of drug-likeness (QED) is 0.648. The summed E-state index contributed by atoms with van der Waals surface area (Å²) < 4.78 is 0. The molecule has 0 spiro atoms. The fraction of sp³-hybridized carbons (Fsp3) is 0.182. The standard InChI is InChI=1S/C11H13NS/c1-4-6-10(12-5-2)11-8-7-9(3)13-11/h4-8H,2H2,1,3H3/b6-4-,12-10?. The SMILES string of the molecule is C=CN=C(/C=C\C)c1ccc(C)s1. The average Bonchev–Trinajstić information content (AvgIpc) is 2.51. The van der Waals surface area contributed by atoms with E-state index in [1.165, 1.54) is 9.75 Å². The van der Waals surface area contributed by atoms with E-state index in [0.29, 0.717) is 0 Å². The van der Waals surface area contributed by atoms with Crippen LogP contribution in [0.1, 0.15) is 16.7 Å². The number of hydrogen-bond acceptors (Lipinski definition) is 2. The second-order valence-corrected chi connectivity index (χ2v) is 3.90. The summed E-state index contributed by atoms with van der Waals surface area (Å²) in [6, 6.07) is 4.18. The van der Waals surface area contributed by atoms with E-state index in [9.17, 15) is 0 Å². The topological polar surface area (TPSA) is 12.4 Å². The molecule has 0 saturated heterocycles. The van der Waals surface area contributed by atoms with Gasteiger partial charge in [-0.2, -0.15) is 0 Å². The second-order valence-electron chi connectivity index (χ2n) is 2.61. The van der Waals surface area contributed by atoms with Crippen molar-refractivity contribution < 1.29 is 0 Å². The van der Waals surface area contributed by atoms with Gasteiger partial charge in [0.1, 0.15) is 0 Å². The van der Waals surface area contributed by atoms with Gasteiger partial charge in [-0.15, -0.1) is 11.3 Å². The van der Waals surface area contributed by atoms with E-state index in [1.807, 2.05) is 19.1 Å². The highest BCUT2D eigenvalue weighted by Crippen LogP contribution is 2.16. The van der Waals surface area contributed by atoms with Crippen LogP contribution in [0.15, 0.2) is 42.1 Å². The zero-order valence-corrected chi connectivity index (χ0v) is 8.77. The van der Waals surface area contributed by atoms with Gasteiger partial charge in [0, 0.05) is 11.1 Å². The third-order valence-corrected chi connectivity index (χ3v) is 2.57. The van der Waals surface area contributed by atoms with Crippen LogP contribution in [0.5, 0.6) is 0 Å². The van der Waals surface area contributed by atoms with E-state index in [4.69, 9.17) is 0 Å². The molecular formula is C11H13NS. The zero-order valence-electron chi connectivity index (χ0n) is 7.95. The molecule has 68 valence electrons. The van der Waals surface area contributed by atoms with Gasteiger partial charge in [-0.25, -0.2) is 0 Å². The molecule has 0 aliphatic rings. The molecule has 0 aromatic carbocycles. The van der Waals surface area contributed by atoms with Crippen molar-refractivity contribution >= 4 is 17.0 Å². The Labute approximate surface area is 83.1 Å². The summed E-state index contributed by atoms with van der Waals surface area (Å²) in [5.74, 6) is 0. The molecule has 0 unspecified atom stereocenters. The first kappa shape index (κ1) is 9.93. The maximum atomic E-state index is 4.20. The first-order valence-corrected chi connectivity index (χ1v) is 4.97. The predicted molar refractivity (Wildman–Crippen MR) is 60.6 cm³/mol. The van der Waals surface area contributed by atoms with Crippen molar-refractivity contribution in [1.29, 1.82) is 0 Å². The number of nitrogens with zero attached hydrogens (tertiary/aromatic N) is 1. The molecule has 0 saturated carbocycles. The van der Waals surface area contributed by atoms with Crippen LogP contribution >= 0.6 is 11.3 Å². The number of aliphatic imine (C=N–C) groups is 1. The highest BCUT2D eigenvalue weighted by Gasteiger charge is 2.00. The van der Waals surface area contributed by atoms with Gasteiger partial charge in [0.05, 0.1) is 10.6 Å². The monoisotopic (exact) mass is 191 g/mol. The molecular weight excluding hydrogens is 178 g/mol. The second kappa shape index (κ2) is 4.77. The van der Waals surface area contributed by atoms with Gasteiger partial charge in [-0.05, 0) is 32.1 Å². The normalized spacial score (nSPS) is 12.3. The van der Waals surface area contributed by atoms with Crippen molar-refractivity contribution in [2.24, 2.45) is 4.99 Å². The van der Waals surface area contributed by atoms with Gasteiger partial charge in [0.15, 0.2) is 0 Å². The predicted octanol–water partition coefficient (Wildman–Crippen LogP) is 3.57. The van der Waals surface area contributed by atoms with E-state index >= 15 is 0 Å². The molecule has 1 nitrogen and oxygen atoms in total. The van der Waals surface area contributed by atoms with Crippen LogP contribution in [0.4, 0.5) is 0 Å². The molecule has 1 aromatic rings. The minimum Gasteiger partial charge on any atom is -0.256 e. The van der Waals surface area contributed by atoms with Crippen molar-refractivity contribution in [2.45, 2.75) is 13.8 Å². The Kier molecular flexibility index (Phi) is 3.65. The molecule has 0 fully saturated rings. The molecule has 0 bridgehead atoms. The molecule has 0 aliphatic heterocycles. The largest absolute Gasteiger partial charge is 0.256 e. The Balaban J connectivity index is 3.01. The molecule has 0 N–H and O–H groups in total. The van der Waals surface area contributed by atoms with Gasteiger partial charge in [-0.3, -0.25) is 4.99 Å². The Morgan fingerprint density at radius 2 is 2.31 bits per heavy atom. The highest BCUT2D eigenvalue weighted by molar-refractivity contribution is 7.14. The Morgan fingerprint density at radius 1 is 1.54 bits per heavy atom. The molecule has 1 heterocycles. The van der Waals surface area contributed by atoms with E-state index in [0.717, 1.165) is 5.71 Å². The maximum Gasteiger partial charge on any atom is 0.0798 e. The summed E-state index contributed by atoms with van der Waals surface area (Å²) in [7, 11) is 0. The van der Waals surface area contributed by atoms with Crippen LogP contribution in [0.3, 0.4) is 0 Å². The van der Waals surface area contributed by atoms with E-state index in [1.54, 1.807) is 17.5 Å². The molecule has 1 aromatic heterocycles. The first-order chi connectivity index (χ1) is 6.27. The summed E-state index contributed by atoms with van der Waals surface area (Å²) in [6.45, 7) is 7.68. The van der Waals surface area contributed by atoms with Crippen molar-refractivity contribution in [3.63, 3.8) is 0 Å². The van der Waals surface area contributed by atoms with Crippen molar-refractivity contribution in [1.82, 2.24) is 0 Å². The lowest BCUT2D eigenvalue weighted by Gasteiger charge is -1.93. The summed E-state index contributed by atoms with van der Waals surface area (Å²) in [5.41, 5.74) is 0.982. The third kappa shape index (κ3) is 2.67. The van der Waals surface area contributed by atoms with E-state index < -0.39 is 0 Å². The van der Waals surface area contributed by atoms with Crippen LogP contribution in [-0.2, 0) is 0 Å². The Hall–Kier alpha value is -1.15. The molecule has 0 radical (unpaired) electrons. The molecule has 2 heteroatoms. The van der Waals surface area contributed by atoms with Crippen LogP contribution < -0.4 is 0 Å². The number of hydrogen-bond donors (Lipinski definition) is 0. The van der Waals surface area contributed by atoms with Gasteiger partial charge in [0.25, 0.3) is 0 Å². The number of allylic oxidation sites excluding steroid dienone is 2. The average molecular weight is 191 g/mol. The van der Waals surface area contributed by atoms with Crippen molar-refractivity contribution in [3.05, 3.63) is 46.8 Å².